The Morgan fingerprint density at radius 2 is 1.75 bits per heavy atom. The number of amides is 1. The number of nitrogens with zero attached hydrogens (tertiary/aromatic N) is 3. The van der Waals surface area contributed by atoms with Crippen molar-refractivity contribution >= 4 is 17.5 Å². The highest BCUT2D eigenvalue weighted by molar-refractivity contribution is 6.33. The van der Waals surface area contributed by atoms with Crippen molar-refractivity contribution in [3.8, 4) is 11.5 Å². The van der Waals surface area contributed by atoms with Crippen LogP contribution < -0.4 is 5.73 Å². The first-order valence-corrected chi connectivity index (χ1v) is 9.68. The van der Waals surface area contributed by atoms with Crippen molar-refractivity contribution in [1.29, 1.82) is 0 Å². The van der Waals surface area contributed by atoms with Gasteiger partial charge in [-0.15, -0.1) is 10.2 Å². The summed E-state index contributed by atoms with van der Waals surface area (Å²) in [5.41, 5.74) is 7.26. The topological polar surface area (TPSA) is 85.3 Å². The Bertz CT molecular complexity index is 952. The van der Waals surface area contributed by atoms with Crippen LogP contribution in [0.4, 0.5) is 0 Å². The average molecular weight is 397 g/mol. The number of benzene rings is 2. The number of likely N-dealkylation sites (tertiary alicyclic amines) is 1. The van der Waals surface area contributed by atoms with Gasteiger partial charge in [-0.05, 0) is 43.6 Å². The predicted octanol–water partition coefficient (Wildman–Crippen LogP) is 3.68. The standard InChI is InChI=1S/C21H21ClN4O2/c22-17-9-5-4-8-16(17)20-24-25-21(28-20)18(14-6-2-1-3-7-14)26-12-10-15(11-13-26)19(23)27/h1-9,15,18H,10-13H2,(H2,23,27). The van der Waals surface area contributed by atoms with E-state index in [9.17, 15) is 4.79 Å². The van der Waals surface area contributed by atoms with Crippen LogP contribution in [0.5, 0.6) is 0 Å². The van der Waals surface area contributed by atoms with Gasteiger partial charge in [0, 0.05) is 5.92 Å². The summed E-state index contributed by atoms with van der Waals surface area (Å²) in [6, 6.07) is 17.3. The van der Waals surface area contributed by atoms with Crippen LogP contribution in [0.3, 0.4) is 0 Å². The van der Waals surface area contributed by atoms with Crippen molar-refractivity contribution in [1.82, 2.24) is 15.1 Å². The maximum Gasteiger partial charge on any atom is 0.249 e. The molecule has 0 radical (unpaired) electrons. The molecule has 0 aliphatic carbocycles. The van der Waals surface area contributed by atoms with E-state index < -0.39 is 0 Å². The van der Waals surface area contributed by atoms with Gasteiger partial charge in [-0.3, -0.25) is 9.69 Å². The molecule has 1 fully saturated rings. The van der Waals surface area contributed by atoms with E-state index in [1.165, 1.54) is 0 Å². The van der Waals surface area contributed by atoms with Gasteiger partial charge < -0.3 is 10.2 Å². The maximum absolute atomic E-state index is 11.5. The van der Waals surface area contributed by atoms with Gasteiger partial charge in [-0.2, -0.15) is 0 Å². The number of primary amides is 1. The third-order valence-electron chi connectivity index (χ3n) is 5.19. The lowest BCUT2D eigenvalue weighted by molar-refractivity contribution is -0.123. The Labute approximate surface area is 168 Å². The fraction of sp³-hybridized carbons (Fsp3) is 0.286. The largest absolute Gasteiger partial charge is 0.419 e. The minimum absolute atomic E-state index is 0.0750. The molecule has 28 heavy (non-hydrogen) atoms. The molecule has 1 aliphatic rings. The molecule has 1 atom stereocenters. The van der Waals surface area contributed by atoms with Crippen LogP contribution in [0.15, 0.2) is 59.0 Å². The Hall–Kier alpha value is -2.70. The summed E-state index contributed by atoms with van der Waals surface area (Å²) in [6.07, 6.45) is 1.45. The van der Waals surface area contributed by atoms with E-state index in [2.05, 4.69) is 15.1 Å². The fourth-order valence-electron chi connectivity index (χ4n) is 3.68. The molecule has 1 unspecified atom stereocenters. The Kier molecular flexibility index (Phi) is 5.41. The van der Waals surface area contributed by atoms with Gasteiger partial charge in [0.2, 0.25) is 17.7 Å². The van der Waals surface area contributed by atoms with Crippen LogP contribution in [0.1, 0.15) is 30.3 Å². The number of nitrogens with two attached hydrogens (primary N) is 1. The molecule has 1 amide bonds. The van der Waals surface area contributed by atoms with Crippen molar-refractivity contribution in [2.24, 2.45) is 11.7 Å². The molecule has 0 saturated carbocycles. The highest BCUT2D eigenvalue weighted by Crippen LogP contribution is 2.34. The first-order chi connectivity index (χ1) is 13.6. The van der Waals surface area contributed by atoms with Crippen LogP contribution in [-0.4, -0.2) is 34.1 Å². The van der Waals surface area contributed by atoms with E-state index in [-0.39, 0.29) is 17.9 Å². The zero-order chi connectivity index (χ0) is 19.5. The molecular formula is C21H21ClN4O2. The summed E-state index contributed by atoms with van der Waals surface area (Å²) in [7, 11) is 0. The summed E-state index contributed by atoms with van der Waals surface area (Å²) in [6.45, 7) is 1.47. The van der Waals surface area contributed by atoms with Crippen molar-refractivity contribution in [2.45, 2.75) is 18.9 Å². The van der Waals surface area contributed by atoms with Gasteiger partial charge in [0.1, 0.15) is 6.04 Å². The van der Waals surface area contributed by atoms with E-state index >= 15 is 0 Å². The van der Waals surface area contributed by atoms with Gasteiger partial charge >= 0.3 is 0 Å². The normalized spacial score (nSPS) is 16.8. The van der Waals surface area contributed by atoms with Gasteiger partial charge in [0.15, 0.2) is 0 Å². The monoisotopic (exact) mass is 396 g/mol. The van der Waals surface area contributed by atoms with Crippen LogP contribution in [-0.2, 0) is 4.79 Å². The van der Waals surface area contributed by atoms with Crippen molar-refractivity contribution < 1.29 is 9.21 Å². The average Bonchev–Trinajstić information content (AvgIpc) is 3.19. The molecule has 2 N–H and O–H groups in total. The lowest BCUT2D eigenvalue weighted by atomic mass is 9.93. The molecular weight excluding hydrogens is 376 g/mol. The molecule has 2 aromatic carbocycles. The second-order valence-corrected chi connectivity index (χ2v) is 7.36. The Morgan fingerprint density at radius 1 is 1.07 bits per heavy atom. The minimum Gasteiger partial charge on any atom is -0.419 e. The zero-order valence-electron chi connectivity index (χ0n) is 15.3. The molecule has 3 aromatic rings. The van der Waals surface area contributed by atoms with E-state index in [0.29, 0.717) is 22.4 Å². The summed E-state index contributed by atoms with van der Waals surface area (Å²) in [5, 5.41) is 9.13. The molecule has 6 nitrogen and oxygen atoms in total. The summed E-state index contributed by atoms with van der Waals surface area (Å²) >= 11 is 6.28. The SMILES string of the molecule is NC(=O)C1CCN(C(c2ccccc2)c2nnc(-c3ccccc3Cl)o2)CC1. The third-order valence-corrected chi connectivity index (χ3v) is 5.52. The molecule has 1 aromatic heterocycles. The summed E-state index contributed by atoms with van der Waals surface area (Å²) < 4.78 is 6.05. The third kappa shape index (κ3) is 3.79. The van der Waals surface area contributed by atoms with Crippen LogP contribution in [0.2, 0.25) is 5.02 Å². The molecule has 2 heterocycles. The fourth-order valence-corrected chi connectivity index (χ4v) is 3.89. The lowest BCUT2D eigenvalue weighted by Crippen LogP contribution is -2.40. The smallest absolute Gasteiger partial charge is 0.249 e. The molecule has 0 spiro atoms. The van der Waals surface area contributed by atoms with E-state index in [4.69, 9.17) is 21.8 Å². The van der Waals surface area contributed by atoms with E-state index in [1.54, 1.807) is 6.07 Å². The molecule has 7 heteroatoms. The predicted molar refractivity (Wildman–Crippen MR) is 107 cm³/mol. The Balaban J connectivity index is 1.66. The molecule has 0 bridgehead atoms. The number of hydrogen-bond acceptors (Lipinski definition) is 5. The minimum atomic E-state index is -0.227. The zero-order valence-corrected chi connectivity index (χ0v) is 16.0. The Morgan fingerprint density at radius 3 is 2.43 bits per heavy atom. The molecule has 4 rings (SSSR count). The highest BCUT2D eigenvalue weighted by Gasteiger charge is 2.32. The molecule has 144 valence electrons. The first-order valence-electron chi connectivity index (χ1n) is 9.30. The van der Waals surface area contributed by atoms with Gasteiger partial charge in [0.05, 0.1) is 10.6 Å². The highest BCUT2D eigenvalue weighted by atomic mass is 35.5. The van der Waals surface area contributed by atoms with Crippen molar-refractivity contribution in [2.75, 3.05) is 13.1 Å². The second-order valence-electron chi connectivity index (χ2n) is 6.95. The number of halogens is 1. The van der Waals surface area contributed by atoms with E-state index in [1.807, 2.05) is 48.5 Å². The quantitative estimate of drug-likeness (QED) is 0.711. The van der Waals surface area contributed by atoms with Gasteiger partial charge in [-0.25, -0.2) is 0 Å². The van der Waals surface area contributed by atoms with Gasteiger partial charge in [-0.1, -0.05) is 54.1 Å². The summed E-state index contributed by atoms with van der Waals surface area (Å²) in [5.74, 6) is 0.607. The van der Waals surface area contributed by atoms with E-state index in [0.717, 1.165) is 31.5 Å². The van der Waals surface area contributed by atoms with Gasteiger partial charge in [0.25, 0.3) is 0 Å². The molecule has 1 saturated heterocycles. The number of aromatic nitrogens is 2. The number of rotatable bonds is 5. The number of piperidine rings is 1. The lowest BCUT2D eigenvalue weighted by Gasteiger charge is -2.35. The first kappa shape index (κ1) is 18.7. The van der Waals surface area contributed by atoms with Crippen LogP contribution in [0.25, 0.3) is 11.5 Å². The maximum atomic E-state index is 11.5. The number of carbonyl (C=O) groups is 1. The number of hydrogen-bond donors (Lipinski definition) is 1. The summed E-state index contributed by atoms with van der Waals surface area (Å²) in [4.78, 5) is 13.8. The van der Waals surface area contributed by atoms with Crippen LogP contribution >= 0.6 is 11.6 Å². The van der Waals surface area contributed by atoms with Crippen molar-refractivity contribution in [3.05, 3.63) is 71.1 Å². The second kappa shape index (κ2) is 8.12. The number of carbonyl (C=O) groups excluding carboxylic acids is 1. The van der Waals surface area contributed by atoms with Crippen LogP contribution in [0, 0.1) is 5.92 Å². The molecule has 1 aliphatic heterocycles. The van der Waals surface area contributed by atoms with Crippen molar-refractivity contribution in [3.63, 3.8) is 0 Å².